The highest BCUT2D eigenvalue weighted by Crippen LogP contribution is 2.37. The summed E-state index contributed by atoms with van der Waals surface area (Å²) in [5, 5.41) is 3.20. The Bertz CT molecular complexity index is 995. The lowest BCUT2D eigenvalue weighted by molar-refractivity contribution is -0.0258. The largest absolute Gasteiger partial charge is 0.489 e. The number of nitrogens with zero attached hydrogens (tertiary/aromatic N) is 1. The van der Waals surface area contributed by atoms with E-state index in [1.165, 1.54) is 38.4 Å². The summed E-state index contributed by atoms with van der Waals surface area (Å²) < 4.78 is 36.4. The molecule has 0 saturated heterocycles. The molecule has 1 aliphatic rings. The lowest BCUT2D eigenvalue weighted by Gasteiger charge is -2.14. The van der Waals surface area contributed by atoms with Gasteiger partial charge in [-0.3, -0.25) is 9.63 Å². The average Bonchev–Trinajstić information content (AvgIpc) is 2.97. The average molecular weight is 441 g/mol. The molecule has 1 amide bonds. The van der Waals surface area contributed by atoms with Crippen LogP contribution in [-0.4, -0.2) is 46.2 Å². The van der Waals surface area contributed by atoms with Gasteiger partial charge in [0.25, 0.3) is 15.9 Å². The van der Waals surface area contributed by atoms with Crippen molar-refractivity contribution in [2.24, 2.45) is 0 Å². The Labute approximate surface area is 174 Å². The van der Waals surface area contributed by atoms with E-state index in [4.69, 9.17) is 25.9 Å². The molecule has 2 aromatic rings. The van der Waals surface area contributed by atoms with Gasteiger partial charge in [0.05, 0.1) is 30.2 Å². The summed E-state index contributed by atoms with van der Waals surface area (Å²) in [6.45, 7) is 1.29. The second-order valence-corrected chi connectivity index (χ2v) is 8.60. The van der Waals surface area contributed by atoms with Gasteiger partial charge in [0.2, 0.25) is 0 Å². The molecular weight excluding hydrogens is 420 g/mol. The number of carbonyl (C=O) groups is 1. The maximum atomic E-state index is 12.4. The summed E-state index contributed by atoms with van der Waals surface area (Å²) in [6.07, 6.45) is 0.767. The number of hydroxylamine groups is 1. The third-order valence-corrected chi connectivity index (χ3v) is 6.30. The first-order chi connectivity index (χ1) is 13.8. The lowest BCUT2D eigenvalue weighted by Crippen LogP contribution is -2.26. The first-order valence-electron chi connectivity index (χ1n) is 8.82. The van der Waals surface area contributed by atoms with E-state index in [2.05, 4.69) is 5.32 Å². The summed E-state index contributed by atoms with van der Waals surface area (Å²) in [5.41, 5.74) is 1.08. The van der Waals surface area contributed by atoms with Crippen LogP contribution in [0.25, 0.3) is 0 Å². The number of benzene rings is 2. The molecule has 0 unspecified atom stereocenters. The molecule has 8 nitrogen and oxygen atoms in total. The van der Waals surface area contributed by atoms with E-state index in [-0.39, 0.29) is 17.3 Å². The standard InChI is InChI=1S/C19H21ClN2O6S/c1-22(26-2)29(24,25)15-6-4-14(5-7-15)19(23)21-12-13-10-16(20)18-17(11-13)27-8-3-9-28-18/h4-7,10-11H,3,8-9,12H2,1-2H3,(H,21,23). The predicted molar refractivity (Wildman–Crippen MR) is 107 cm³/mol. The van der Waals surface area contributed by atoms with E-state index >= 15 is 0 Å². The molecule has 1 N–H and O–H groups in total. The van der Waals surface area contributed by atoms with E-state index in [0.29, 0.717) is 35.3 Å². The third-order valence-electron chi connectivity index (χ3n) is 4.32. The Hall–Kier alpha value is -2.33. The molecular formula is C19H21ClN2O6S. The van der Waals surface area contributed by atoms with Gasteiger partial charge in [-0.1, -0.05) is 16.1 Å². The van der Waals surface area contributed by atoms with Gasteiger partial charge in [-0.2, -0.15) is 0 Å². The zero-order valence-electron chi connectivity index (χ0n) is 16.0. The minimum atomic E-state index is -3.76. The molecule has 0 bridgehead atoms. The quantitative estimate of drug-likeness (QED) is 0.694. The Balaban J connectivity index is 1.68. The van der Waals surface area contributed by atoms with Crippen LogP contribution in [0.4, 0.5) is 0 Å². The van der Waals surface area contributed by atoms with Crippen LogP contribution < -0.4 is 14.8 Å². The molecule has 0 aromatic heterocycles. The lowest BCUT2D eigenvalue weighted by atomic mass is 10.1. The maximum Gasteiger partial charge on any atom is 0.264 e. The minimum Gasteiger partial charge on any atom is -0.489 e. The molecule has 0 saturated carbocycles. The smallest absolute Gasteiger partial charge is 0.264 e. The fourth-order valence-corrected chi connectivity index (χ4v) is 3.96. The van der Waals surface area contributed by atoms with Crippen molar-refractivity contribution in [3.8, 4) is 11.5 Å². The number of carbonyl (C=O) groups excluding carboxylic acids is 1. The Morgan fingerprint density at radius 3 is 2.59 bits per heavy atom. The molecule has 0 radical (unpaired) electrons. The fourth-order valence-electron chi connectivity index (χ4n) is 2.70. The third kappa shape index (κ3) is 4.81. The van der Waals surface area contributed by atoms with Gasteiger partial charge in [0.15, 0.2) is 11.5 Å². The number of sulfonamides is 1. The predicted octanol–water partition coefficient (Wildman–Crippen LogP) is 2.61. The van der Waals surface area contributed by atoms with Gasteiger partial charge >= 0.3 is 0 Å². The normalized spacial score (nSPS) is 13.8. The minimum absolute atomic E-state index is 0.0214. The van der Waals surface area contributed by atoms with Crippen molar-refractivity contribution in [3.63, 3.8) is 0 Å². The van der Waals surface area contributed by atoms with Gasteiger partial charge in [0, 0.05) is 25.6 Å². The summed E-state index contributed by atoms with van der Waals surface area (Å²) in [7, 11) is -1.22. The van der Waals surface area contributed by atoms with Gasteiger partial charge in [0.1, 0.15) is 0 Å². The van der Waals surface area contributed by atoms with Gasteiger partial charge < -0.3 is 14.8 Å². The molecule has 3 rings (SSSR count). The fraction of sp³-hybridized carbons (Fsp3) is 0.316. The molecule has 0 spiro atoms. The van der Waals surface area contributed by atoms with Crippen LogP contribution in [-0.2, 0) is 21.4 Å². The Kier molecular flexibility index (Phi) is 6.63. The van der Waals surface area contributed by atoms with Crippen molar-refractivity contribution in [2.75, 3.05) is 27.4 Å². The highest BCUT2D eigenvalue weighted by atomic mass is 35.5. The second kappa shape index (κ2) is 9.00. The molecule has 0 atom stereocenters. The summed E-state index contributed by atoms with van der Waals surface area (Å²) >= 11 is 6.26. The first kappa shape index (κ1) is 21.4. The zero-order chi connectivity index (χ0) is 21.0. The van der Waals surface area contributed by atoms with E-state index in [0.717, 1.165) is 16.5 Å². The van der Waals surface area contributed by atoms with Crippen LogP contribution in [0.15, 0.2) is 41.3 Å². The van der Waals surface area contributed by atoms with Crippen LogP contribution in [0.5, 0.6) is 11.5 Å². The van der Waals surface area contributed by atoms with Crippen LogP contribution >= 0.6 is 11.6 Å². The molecule has 0 fully saturated rings. The van der Waals surface area contributed by atoms with E-state index in [9.17, 15) is 13.2 Å². The highest BCUT2D eigenvalue weighted by Gasteiger charge is 2.21. The summed E-state index contributed by atoms with van der Waals surface area (Å²) in [6, 6.07) is 9.07. The molecule has 0 aliphatic carbocycles. The number of hydrogen-bond donors (Lipinski definition) is 1. The van der Waals surface area contributed by atoms with E-state index < -0.39 is 10.0 Å². The highest BCUT2D eigenvalue weighted by molar-refractivity contribution is 7.89. The van der Waals surface area contributed by atoms with E-state index in [1.54, 1.807) is 12.1 Å². The number of ether oxygens (including phenoxy) is 2. The van der Waals surface area contributed by atoms with Crippen molar-refractivity contribution in [1.82, 2.24) is 9.79 Å². The zero-order valence-corrected chi connectivity index (χ0v) is 17.5. The van der Waals surface area contributed by atoms with Gasteiger partial charge in [-0.05, 0) is 42.0 Å². The maximum absolute atomic E-state index is 12.4. The molecule has 2 aromatic carbocycles. The van der Waals surface area contributed by atoms with Gasteiger partial charge in [-0.15, -0.1) is 0 Å². The molecule has 10 heteroatoms. The van der Waals surface area contributed by atoms with Gasteiger partial charge in [-0.25, -0.2) is 8.42 Å². The number of nitrogens with one attached hydrogen (secondary N) is 1. The number of hydrogen-bond acceptors (Lipinski definition) is 6. The van der Waals surface area contributed by atoms with E-state index in [1.807, 2.05) is 0 Å². The number of halogens is 1. The van der Waals surface area contributed by atoms with Crippen LogP contribution in [0.3, 0.4) is 0 Å². The Morgan fingerprint density at radius 2 is 1.90 bits per heavy atom. The number of rotatable bonds is 6. The summed E-state index contributed by atoms with van der Waals surface area (Å²) in [5.74, 6) is 0.713. The topological polar surface area (TPSA) is 94.2 Å². The van der Waals surface area contributed by atoms with Crippen molar-refractivity contribution in [1.29, 1.82) is 0 Å². The molecule has 1 aliphatic heterocycles. The first-order valence-corrected chi connectivity index (χ1v) is 10.6. The van der Waals surface area contributed by atoms with Crippen LogP contribution in [0, 0.1) is 0 Å². The SMILES string of the molecule is CON(C)S(=O)(=O)c1ccc(C(=O)NCc2cc(Cl)c3c(c2)OCCCO3)cc1. The number of amides is 1. The van der Waals surface area contributed by atoms with Crippen molar-refractivity contribution in [3.05, 3.63) is 52.5 Å². The van der Waals surface area contributed by atoms with Crippen molar-refractivity contribution >= 4 is 27.5 Å². The molecule has 156 valence electrons. The molecule has 1 heterocycles. The van der Waals surface area contributed by atoms with Crippen LogP contribution in [0.2, 0.25) is 5.02 Å². The van der Waals surface area contributed by atoms with Crippen LogP contribution in [0.1, 0.15) is 22.3 Å². The second-order valence-electron chi connectivity index (χ2n) is 6.26. The van der Waals surface area contributed by atoms with Crippen molar-refractivity contribution in [2.45, 2.75) is 17.9 Å². The summed E-state index contributed by atoms with van der Waals surface area (Å²) in [4.78, 5) is 17.2. The monoisotopic (exact) mass is 440 g/mol. The number of fused-ring (bicyclic) bond motifs is 1. The molecule has 29 heavy (non-hydrogen) atoms. The van der Waals surface area contributed by atoms with Crippen molar-refractivity contribution < 1.29 is 27.5 Å². The Morgan fingerprint density at radius 1 is 1.21 bits per heavy atom.